The highest BCUT2D eigenvalue weighted by Crippen LogP contribution is 2.31. The molecular formula is C16H26N2O. The highest BCUT2D eigenvalue weighted by molar-refractivity contribution is 5.25. The molecule has 0 spiro atoms. The molecule has 0 aromatic heterocycles. The topological polar surface area (TPSA) is 24.5 Å². The van der Waals surface area contributed by atoms with Crippen molar-refractivity contribution in [3.8, 4) is 0 Å². The van der Waals surface area contributed by atoms with Crippen molar-refractivity contribution in [2.45, 2.75) is 31.8 Å². The normalized spacial score (nSPS) is 26.3. The van der Waals surface area contributed by atoms with Crippen LogP contribution in [0.3, 0.4) is 0 Å². The molecule has 2 unspecified atom stereocenters. The number of hydrogen-bond acceptors (Lipinski definition) is 3. The number of hydrogen-bond donors (Lipinski definition) is 1. The first-order valence-corrected chi connectivity index (χ1v) is 7.20. The van der Waals surface area contributed by atoms with Crippen LogP contribution in [-0.2, 0) is 10.3 Å². The first kappa shape index (κ1) is 14.5. The summed E-state index contributed by atoms with van der Waals surface area (Å²) in [5.74, 6) is 0. The van der Waals surface area contributed by atoms with Crippen molar-refractivity contribution in [1.82, 2.24) is 10.2 Å². The SMILES string of the molecule is COCCC(C)N1CCNCC1(C)c1ccccc1. The zero-order valence-electron chi connectivity index (χ0n) is 12.4. The smallest absolute Gasteiger partial charge is 0.0560 e. The van der Waals surface area contributed by atoms with E-state index in [2.05, 4.69) is 54.4 Å². The van der Waals surface area contributed by atoms with Crippen LogP contribution in [0.2, 0.25) is 0 Å². The zero-order valence-corrected chi connectivity index (χ0v) is 12.4. The first-order chi connectivity index (χ1) is 9.18. The minimum atomic E-state index is 0.0761. The van der Waals surface area contributed by atoms with Crippen molar-refractivity contribution < 1.29 is 4.74 Å². The van der Waals surface area contributed by atoms with Gasteiger partial charge in [-0.05, 0) is 25.8 Å². The molecule has 0 bridgehead atoms. The van der Waals surface area contributed by atoms with E-state index in [4.69, 9.17) is 4.74 Å². The van der Waals surface area contributed by atoms with Crippen molar-refractivity contribution in [2.24, 2.45) is 0 Å². The quantitative estimate of drug-likeness (QED) is 0.880. The van der Waals surface area contributed by atoms with Crippen LogP contribution >= 0.6 is 0 Å². The molecule has 1 aromatic rings. The second kappa shape index (κ2) is 6.51. The van der Waals surface area contributed by atoms with Gasteiger partial charge in [-0.15, -0.1) is 0 Å². The van der Waals surface area contributed by atoms with Crippen molar-refractivity contribution in [2.75, 3.05) is 33.4 Å². The molecule has 2 atom stereocenters. The van der Waals surface area contributed by atoms with Crippen LogP contribution in [0.15, 0.2) is 30.3 Å². The fourth-order valence-corrected chi connectivity index (χ4v) is 3.10. The summed E-state index contributed by atoms with van der Waals surface area (Å²) in [6.45, 7) is 8.66. The fraction of sp³-hybridized carbons (Fsp3) is 0.625. The Bertz CT molecular complexity index is 382. The summed E-state index contributed by atoms with van der Waals surface area (Å²) in [7, 11) is 1.78. The number of piperazine rings is 1. The van der Waals surface area contributed by atoms with E-state index < -0.39 is 0 Å². The Hall–Kier alpha value is -0.900. The van der Waals surface area contributed by atoms with Crippen molar-refractivity contribution >= 4 is 0 Å². The molecular weight excluding hydrogens is 236 g/mol. The maximum atomic E-state index is 5.23. The second-order valence-electron chi connectivity index (χ2n) is 5.64. The van der Waals surface area contributed by atoms with E-state index in [9.17, 15) is 0 Å². The standard InChI is InChI=1S/C16H26N2O/c1-14(9-12-19-3)18-11-10-17-13-16(18,2)15-7-5-4-6-8-15/h4-8,14,17H,9-13H2,1-3H3. The second-order valence-corrected chi connectivity index (χ2v) is 5.64. The van der Waals surface area contributed by atoms with Gasteiger partial charge >= 0.3 is 0 Å². The summed E-state index contributed by atoms with van der Waals surface area (Å²) in [4.78, 5) is 2.62. The first-order valence-electron chi connectivity index (χ1n) is 7.20. The van der Waals surface area contributed by atoms with Gasteiger partial charge in [0.1, 0.15) is 0 Å². The summed E-state index contributed by atoms with van der Waals surface area (Å²) in [5, 5.41) is 3.54. The molecule has 3 nitrogen and oxygen atoms in total. The molecule has 1 fully saturated rings. The summed E-state index contributed by atoms with van der Waals surface area (Å²) in [6, 6.07) is 11.4. The minimum absolute atomic E-state index is 0.0761. The van der Waals surface area contributed by atoms with E-state index in [1.807, 2.05) is 0 Å². The van der Waals surface area contributed by atoms with Gasteiger partial charge in [0.15, 0.2) is 0 Å². The lowest BCUT2D eigenvalue weighted by atomic mass is 9.86. The van der Waals surface area contributed by atoms with Gasteiger partial charge in [0, 0.05) is 39.4 Å². The summed E-state index contributed by atoms with van der Waals surface area (Å²) in [6.07, 6.45) is 1.08. The number of ether oxygens (including phenoxy) is 1. The van der Waals surface area contributed by atoms with Crippen molar-refractivity contribution in [3.05, 3.63) is 35.9 Å². The summed E-state index contributed by atoms with van der Waals surface area (Å²) >= 11 is 0. The van der Waals surface area contributed by atoms with Crippen molar-refractivity contribution in [3.63, 3.8) is 0 Å². The molecule has 1 aliphatic rings. The van der Waals surface area contributed by atoms with E-state index >= 15 is 0 Å². The number of rotatable bonds is 5. The summed E-state index contributed by atoms with van der Waals surface area (Å²) in [5.41, 5.74) is 1.47. The van der Waals surface area contributed by atoms with Gasteiger partial charge in [-0.2, -0.15) is 0 Å². The summed E-state index contributed by atoms with van der Waals surface area (Å²) < 4.78 is 5.23. The number of nitrogens with zero attached hydrogens (tertiary/aromatic N) is 1. The maximum Gasteiger partial charge on any atom is 0.0560 e. The highest BCUT2D eigenvalue weighted by Gasteiger charge is 2.38. The van der Waals surface area contributed by atoms with Gasteiger partial charge < -0.3 is 10.1 Å². The van der Waals surface area contributed by atoms with Crippen LogP contribution in [0.4, 0.5) is 0 Å². The lowest BCUT2D eigenvalue weighted by Gasteiger charge is -2.48. The molecule has 0 aliphatic carbocycles. The fourth-order valence-electron chi connectivity index (χ4n) is 3.10. The molecule has 19 heavy (non-hydrogen) atoms. The lowest BCUT2D eigenvalue weighted by molar-refractivity contribution is 0.0225. The predicted octanol–water partition coefficient (Wildman–Crippen LogP) is 2.23. The van der Waals surface area contributed by atoms with Gasteiger partial charge in [-0.3, -0.25) is 4.90 Å². The Morgan fingerprint density at radius 1 is 1.37 bits per heavy atom. The van der Waals surface area contributed by atoms with Gasteiger partial charge in [-0.1, -0.05) is 30.3 Å². The Balaban J connectivity index is 2.19. The molecule has 1 aromatic carbocycles. The average molecular weight is 262 g/mol. The van der Waals surface area contributed by atoms with Crippen LogP contribution in [0.25, 0.3) is 0 Å². The third-order valence-electron chi connectivity index (χ3n) is 4.30. The molecule has 1 heterocycles. The van der Waals surface area contributed by atoms with Crippen LogP contribution in [0.5, 0.6) is 0 Å². The van der Waals surface area contributed by atoms with E-state index in [1.54, 1.807) is 7.11 Å². The number of benzene rings is 1. The Labute approximate surface area is 116 Å². The van der Waals surface area contributed by atoms with Crippen LogP contribution in [-0.4, -0.2) is 44.3 Å². The van der Waals surface area contributed by atoms with E-state index in [0.717, 1.165) is 32.7 Å². The van der Waals surface area contributed by atoms with E-state index in [-0.39, 0.29) is 5.54 Å². The van der Waals surface area contributed by atoms with Crippen LogP contribution < -0.4 is 5.32 Å². The number of methoxy groups -OCH3 is 1. The Morgan fingerprint density at radius 2 is 2.11 bits per heavy atom. The number of nitrogens with one attached hydrogen (secondary N) is 1. The predicted molar refractivity (Wildman–Crippen MR) is 79.3 cm³/mol. The maximum absolute atomic E-state index is 5.23. The molecule has 0 radical (unpaired) electrons. The third-order valence-corrected chi connectivity index (χ3v) is 4.30. The largest absolute Gasteiger partial charge is 0.385 e. The van der Waals surface area contributed by atoms with Gasteiger partial charge in [0.25, 0.3) is 0 Å². The Kier molecular flexibility index (Phi) is 4.97. The monoisotopic (exact) mass is 262 g/mol. The molecule has 0 saturated carbocycles. The third kappa shape index (κ3) is 3.16. The average Bonchev–Trinajstić information content (AvgIpc) is 2.46. The van der Waals surface area contributed by atoms with Gasteiger partial charge in [-0.25, -0.2) is 0 Å². The molecule has 1 saturated heterocycles. The van der Waals surface area contributed by atoms with Gasteiger partial charge in [0.2, 0.25) is 0 Å². The van der Waals surface area contributed by atoms with Crippen LogP contribution in [0, 0.1) is 0 Å². The molecule has 0 amide bonds. The Morgan fingerprint density at radius 3 is 2.79 bits per heavy atom. The van der Waals surface area contributed by atoms with E-state index in [0.29, 0.717) is 6.04 Å². The van der Waals surface area contributed by atoms with Gasteiger partial charge in [0.05, 0.1) is 5.54 Å². The molecule has 3 heteroatoms. The molecule has 106 valence electrons. The zero-order chi connectivity index (χ0) is 13.7. The van der Waals surface area contributed by atoms with Crippen LogP contribution in [0.1, 0.15) is 25.8 Å². The lowest BCUT2D eigenvalue weighted by Crippen LogP contribution is -2.60. The van der Waals surface area contributed by atoms with Crippen molar-refractivity contribution in [1.29, 1.82) is 0 Å². The molecule has 1 aliphatic heterocycles. The molecule has 1 N–H and O–H groups in total. The minimum Gasteiger partial charge on any atom is -0.385 e. The molecule has 2 rings (SSSR count). The highest BCUT2D eigenvalue weighted by atomic mass is 16.5. The van der Waals surface area contributed by atoms with E-state index in [1.165, 1.54) is 5.56 Å².